The maximum Gasteiger partial charge on any atom is 0.119 e. The van der Waals surface area contributed by atoms with Gasteiger partial charge in [-0.25, -0.2) is 0 Å². The third kappa shape index (κ3) is 4.38. The van der Waals surface area contributed by atoms with Gasteiger partial charge >= 0.3 is 0 Å². The summed E-state index contributed by atoms with van der Waals surface area (Å²) in [7, 11) is -0.909. The van der Waals surface area contributed by atoms with E-state index in [9.17, 15) is 4.21 Å². The maximum absolute atomic E-state index is 12.0. The van der Waals surface area contributed by atoms with Gasteiger partial charge in [0, 0.05) is 22.2 Å². The fourth-order valence-corrected chi connectivity index (χ4v) is 2.92. The van der Waals surface area contributed by atoms with Crippen LogP contribution in [0.25, 0.3) is 0 Å². The van der Waals surface area contributed by atoms with Gasteiger partial charge in [0.1, 0.15) is 5.75 Å². The fraction of sp³-hybridized carbons (Fsp3) is 0.250. The van der Waals surface area contributed by atoms with Crippen molar-refractivity contribution >= 4 is 16.5 Å². The second kappa shape index (κ2) is 7.10. The Balaban J connectivity index is 1.78. The van der Waals surface area contributed by atoms with E-state index in [0.29, 0.717) is 23.8 Å². The molecule has 3 nitrogen and oxygen atoms in total. The Bertz CT molecular complexity index is 581. The molecule has 1 unspecified atom stereocenters. The molecule has 0 aromatic heterocycles. The molecule has 4 heteroatoms. The second-order valence-corrected chi connectivity index (χ2v) is 6.21. The number of anilines is 1. The Morgan fingerprint density at radius 1 is 1.10 bits per heavy atom. The van der Waals surface area contributed by atoms with E-state index in [0.717, 1.165) is 11.3 Å². The highest BCUT2D eigenvalue weighted by Gasteiger charge is 2.04. The molecule has 0 fully saturated rings. The monoisotopic (exact) mass is 289 g/mol. The molecule has 0 aliphatic heterocycles. The van der Waals surface area contributed by atoms with Gasteiger partial charge in [0.2, 0.25) is 0 Å². The predicted molar refractivity (Wildman–Crippen MR) is 84.2 cm³/mol. The molecule has 0 heterocycles. The zero-order valence-electron chi connectivity index (χ0n) is 11.5. The molecule has 2 N–H and O–H groups in total. The quantitative estimate of drug-likeness (QED) is 0.832. The average Bonchev–Trinajstić information content (AvgIpc) is 2.44. The van der Waals surface area contributed by atoms with Crippen LogP contribution in [-0.4, -0.2) is 16.6 Å². The van der Waals surface area contributed by atoms with Gasteiger partial charge in [-0.1, -0.05) is 24.3 Å². The zero-order valence-corrected chi connectivity index (χ0v) is 12.4. The molecule has 0 spiro atoms. The number of hydrogen-bond donors (Lipinski definition) is 1. The molecule has 2 aromatic rings. The first-order chi connectivity index (χ1) is 9.65. The highest BCUT2D eigenvalue weighted by molar-refractivity contribution is 7.84. The Kier molecular flexibility index (Phi) is 5.18. The van der Waals surface area contributed by atoms with Gasteiger partial charge in [0.15, 0.2) is 0 Å². The van der Waals surface area contributed by atoms with Gasteiger partial charge in [-0.15, -0.1) is 0 Å². The van der Waals surface area contributed by atoms with E-state index in [2.05, 4.69) is 0 Å². The molecule has 0 aliphatic rings. The van der Waals surface area contributed by atoms with Crippen molar-refractivity contribution < 1.29 is 8.95 Å². The van der Waals surface area contributed by atoms with Gasteiger partial charge in [-0.2, -0.15) is 0 Å². The van der Waals surface area contributed by atoms with Crippen molar-refractivity contribution in [2.75, 3.05) is 18.1 Å². The lowest BCUT2D eigenvalue weighted by atomic mass is 10.1. The van der Waals surface area contributed by atoms with Crippen molar-refractivity contribution in [1.82, 2.24) is 0 Å². The zero-order chi connectivity index (χ0) is 14.4. The van der Waals surface area contributed by atoms with E-state index in [-0.39, 0.29) is 0 Å². The van der Waals surface area contributed by atoms with Crippen molar-refractivity contribution in [2.45, 2.75) is 12.7 Å². The van der Waals surface area contributed by atoms with Gasteiger partial charge in [0.25, 0.3) is 0 Å². The van der Waals surface area contributed by atoms with Crippen LogP contribution in [0.5, 0.6) is 5.75 Å². The summed E-state index contributed by atoms with van der Waals surface area (Å²) in [5.74, 6) is 1.86. The smallest absolute Gasteiger partial charge is 0.119 e. The van der Waals surface area contributed by atoms with Crippen LogP contribution in [0.3, 0.4) is 0 Å². The van der Waals surface area contributed by atoms with E-state index in [1.807, 2.05) is 43.3 Å². The SMILES string of the molecule is Cc1ccccc1CS(=O)CCOc1ccc(N)cc1. The van der Waals surface area contributed by atoms with Crippen LogP contribution >= 0.6 is 0 Å². The molecule has 0 saturated heterocycles. The molecular weight excluding hydrogens is 270 g/mol. The third-order valence-electron chi connectivity index (χ3n) is 3.04. The Labute approximate surface area is 122 Å². The van der Waals surface area contributed by atoms with Crippen LogP contribution in [-0.2, 0) is 16.6 Å². The van der Waals surface area contributed by atoms with Crippen molar-refractivity contribution in [3.05, 3.63) is 59.7 Å². The molecular formula is C16H19NO2S. The highest BCUT2D eigenvalue weighted by atomic mass is 32.2. The summed E-state index contributed by atoms with van der Waals surface area (Å²) >= 11 is 0. The van der Waals surface area contributed by atoms with Crippen molar-refractivity contribution in [3.8, 4) is 5.75 Å². The Morgan fingerprint density at radius 3 is 2.50 bits per heavy atom. The van der Waals surface area contributed by atoms with Gasteiger partial charge in [0.05, 0.1) is 12.4 Å². The number of rotatable bonds is 6. The van der Waals surface area contributed by atoms with Crippen LogP contribution in [0.4, 0.5) is 5.69 Å². The lowest BCUT2D eigenvalue weighted by Gasteiger charge is -2.08. The van der Waals surface area contributed by atoms with Crippen molar-refractivity contribution in [3.63, 3.8) is 0 Å². The molecule has 0 saturated carbocycles. The first-order valence-corrected chi connectivity index (χ1v) is 8.02. The largest absolute Gasteiger partial charge is 0.493 e. The molecule has 0 bridgehead atoms. The normalized spacial score (nSPS) is 12.1. The van der Waals surface area contributed by atoms with Crippen LogP contribution in [0.15, 0.2) is 48.5 Å². The second-order valence-electron chi connectivity index (χ2n) is 4.63. The predicted octanol–water partition coefficient (Wildman–Crippen LogP) is 2.90. The van der Waals surface area contributed by atoms with Crippen LogP contribution in [0.2, 0.25) is 0 Å². The minimum absolute atomic E-state index is 0.447. The molecule has 1 atom stereocenters. The van der Waals surface area contributed by atoms with Crippen LogP contribution < -0.4 is 10.5 Å². The summed E-state index contributed by atoms with van der Waals surface area (Å²) in [6.07, 6.45) is 0. The third-order valence-corrected chi connectivity index (χ3v) is 4.29. The summed E-state index contributed by atoms with van der Waals surface area (Å²) in [5, 5.41) is 0. The van der Waals surface area contributed by atoms with Crippen molar-refractivity contribution in [1.29, 1.82) is 0 Å². The van der Waals surface area contributed by atoms with Gasteiger partial charge in [-0.05, 0) is 42.3 Å². The molecule has 0 radical (unpaired) electrons. The number of aryl methyl sites for hydroxylation is 1. The Hall–Kier alpha value is -1.81. The summed E-state index contributed by atoms with van der Waals surface area (Å²) in [5.41, 5.74) is 8.63. The molecule has 20 heavy (non-hydrogen) atoms. The summed E-state index contributed by atoms with van der Waals surface area (Å²) in [6, 6.07) is 15.3. The van der Waals surface area contributed by atoms with Gasteiger partial charge in [-0.3, -0.25) is 4.21 Å². The fourth-order valence-electron chi connectivity index (χ4n) is 1.83. The number of ether oxygens (including phenoxy) is 1. The number of benzene rings is 2. The number of nitrogen functional groups attached to an aromatic ring is 1. The lowest BCUT2D eigenvalue weighted by Crippen LogP contribution is -2.10. The molecule has 2 rings (SSSR count). The lowest BCUT2D eigenvalue weighted by molar-refractivity contribution is 0.342. The summed E-state index contributed by atoms with van der Waals surface area (Å²) in [4.78, 5) is 0. The number of hydrogen-bond acceptors (Lipinski definition) is 3. The first kappa shape index (κ1) is 14.6. The molecule has 106 valence electrons. The van der Waals surface area contributed by atoms with E-state index in [1.54, 1.807) is 12.1 Å². The summed E-state index contributed by atoms with van der Waals surface area (Å²) < 4.78 is 17.6. The van der Waals surface area contributed by atoms with Gasteiger partial charge < -0.3 is 10.5 Å². The van der Waals surface area contributed by atoms with E-state index >= 15 is 0 Å². The molecule has 0 amide bonds. The molecule has 0 aliphatic carbocycles. The molecule has 2 aromatic carbocycles. The van der Waals surface area contributed by atoms with Crippen molar-refractivity contribution in [2.24, 2.45) is 0 Å². The van der Waals surface area contributed by atoms with Crippen LogP contribution in [0, 0.1) is 6.92 Å². The first-order valence-electron chi connectivity index (χ1n) is 6.53. The van der Waals surface area contributed by atoms with Crippen LogP contribution in [0.1, 0.15) is 11.1 Å². The number of nitrogens with two attached hydrogens (primary N) is 1. The standard InChI is InChI=1S/C16H19NO2S/c1-13-4-2-3-5-14(13)12-20(18)11-10-19-16-8-6-15(17)7-9-16/h2-9H,10-12,17H2,1H3. The highest BCUT2D eigenvalue weighted by Crippen LogP contribution is 2.13. The Morgan fingerprint density at radius 2 is 1.80 bits per heavy atom. The van der Waals surface area contributed by atoms with E-state index in [4.69, 9.17) is 10.5 Å². The minimum Gasteiger partial charge on any atom is -0.493 e. The van der Waals surface area contributed by atoms with E-state index < -0.39 is 10.8 Å². The maximum atomic E-state index is 12.0. The topological polar surface area (TPSA) is 52.3 Å². The average molecular weight is 289 g/mol. The summed E-state index contributed by atoms with van der Waals surface area (Å²) in [6.45, 7) is 2.49. The minimum atomic E-state index is -0.909. The van der Waals surface area contributed by atoms with E-state index in [1.165, 1.54) is 5.56 Å².